The highest BCUT2D eigenvalue weighted by atomic mass is 16.5. The number of carbonyl (C=O) groups is 1. The SMILES string of the molecule is Cc1ccc2nc(C)c(C(=O)OCc3c(C)noc3C)cc2c1. The summed E-state index contributed by atoms with van der Waals surface area (Å²) < 4.78 is 10.5. The fraction of sp³-hybridized carbons (Fsp3) is 0.278. The third-order valence-corrected chi connectivity index (χ3v) is 3.91. The van der Waals surface area contributed by atoms with E-state index in [1.54, 1.807) is 6.92 Å². The zero-order chi connectivity index (χ0) is 16.6. The summed E-state index contributed by atoms with van der Waals surface area (Å²) in [5.74, 6) is 0.276. The Morgan fingerprint density at radius 2 is 1.91 bits per heavy atom. The molecule has 0 saturated heterocycles. The Bertz CT molecular complexity index is 877. The molecule has 0 N–H and O–H groups in total. The summed E-state index contributed by atoms with van der Waals surface area (Å²) in [6, 6.07) is 7.80. The first-order chi connectivity index (χ1) is 11.0. The molecule has 0 aliphatic carbocycles. The van der Waals surface area contributed by atoms with Crippen molar-refractivity contribution in [2.45, 2.75) is 34.3 Å². The van der Waals surface area contributed by atoms with Crippen LogP contribution in [0.1, 0.15) is 38.6 Å². The topological polar surface area (TPSA) is 65.2 Å². The Labute approximate surface area is 134 Å². The van der Waals surface area contributed by atoms with Crippen molar-refractivity contribution in [2.75, 3.05) is 0 Å². The predicted molar refractivity (Wildman–Crippen MR) is 86.3 cm³/mol. The van der Waals surface area contributed by atoms with Crippen LogP contribution in [-0.4, -0.2) is 16.1 Å². The highest BCUT2D eigenvalue weighted by Gasteiger charge is 2.16. The lowest BCUT2D eigenvalue weighted by Crippen LogP contribution is -2.09. The number of hydrogen-bond acceptors (Lipinski definition) is 5. The van der Waals surface area contributed by atoms with Gasteiger partial charge in [-0.25, -0.2) is 4.79 Å². The molecule has 0 atom stereocenters. The van der Waals surface area contributed by atoms with E-state index in [1.165, 1.54) is 0 Å². The Balaban J connectivity index is 1.87. The van der Waals surface area contributed by atoms with E-state index >= 15 is 0 Å². The molecule has 3 rings (SSSR count). The molecule has 5 heteroatoms. The molecule has 1 aromatic carbocycles. The van der Waals surface area contributed by atoms with Crippen molar-refractivity contribution in [1.29, 1.82) is 0 Å². The fourth-order valence-electron chi connectivity index (χ4n) is 2.52. The summed E-state index contributed by atoms with van der Waals surface area (Å²) in [6.45, 7) is 7.59. The van der Waals surface area contributed by atoms with Gasteiger partial charge in [0.25, 0.3) is 0 Å². The first kappa shape index (κ1) is 15.2. The van der Waals surface area contributed by atoms with Crippen molar-refractivity contribution < 1.29 is 14.1 Å². The Hall–Kier alpha value is -2.69. The van der Waals surface area contributed by atoms with Crippen LogP contribution in [0, 0.1) is 27.7 Å². The van der Waals surface area contributed by atoms with Crippen LogP contribution < -0.4 is 0 Å². The van der Waals surface area contributed by atoms with Crippen LogP contribution >= 0.6 is 0 Å². The van der Waals surface area contributed by atoms with Gasteiger partial charge in [0.05, 0.1) is 28.0 Å². The smallest absolute Gasteiger partial charge is 0.340 e. The van der Waals surface area contributed by atoms with Gasteiger partial charge in [0.2, 0.25) is 0 Å². The predicted octanol–water partition coefficient (Wildman–Crippen LogP) is 3.81. The number of esters is 1. The van der Waals surface area contributed by atoms with Crippen LogP contribution in [0.4, 0.5) is 0 Å². The van der Waals surface area contributed by atoms with Crippen LogP contribution in [0.15, 0.2) is 28.8 Å². The van der Waals surface area contributed by atoms with Gasteiger partial charge in [-0.2, -0.15) is 0 Å². The third-order valence-electron chi connectivity index (χ3n) is 3.91. The molecule has 0 spiro atoms. The highest BCUT2D eigenvalue weighted by Crippen LogP contribution is 2.20. The third kappa shape index (κ3) is 2.95. The molecule has 118 valence electrons. The highest BCUT2D eigenvalue weighted by molar-refractivity contribution is 5.95. The number of benzene rings is 1. The molecule has 0 radical (unpaired) electrons. The second-order valence-corrected chi connectivity index (χ2v) is 5.70. The number of pyridine rings is 1. The summed E-state index contributed by atoms with van der Waals surface area (Å²) >= 11 is 0. The molecule has 2 heterocycles. The summed E-state index contributed by atoms with van der Waals surface area (Å²) in [4.78, 5) is 16.9. The summed E-state index contributed by atoms with van der Waals surface area (Å²) in [6.07, 6.45) is 0. The number of nitrogens with zero attached hydrogens (tertiary/aromatic N) is 2. The van der Waals surface area contributed by atoms with Gasteiger partial charge in [-0.1, -0.05) is 16.8 Å². The van der Waals surface area contributed by atoms with E-state index < -0.39 is 5.97 Å². The quantitative estimate of drug-likeness (QED) is 0.688. The van der Waals surface area contributed by atoms with E-state index in [-0.39, 0.29) is 6.61 Å². The normalized spacial score (nSPS) is 11.0. The van der Waals surface area contributed by atoms with Gasteiger partial charge in [0, 0.05) is 5.39 Å². The molecule has 0 fully saturated rings. The minimum atomic E-state index is -0.390. The maximum Gasteiger partial charge on any atom is 0.340 e. The maximum atomic E-state index is 12.4. The minimum Gasteiger partial charge on any atom is -0.457 e. The molecule has 0 aliphatic rings. The first-order valence-corrected chi connectivity index (χ1v) is 7.42. The second-order valence-electron chi connectivity index (χ2n) is 5.70. The van der Waals surface area contributed by atoms with Gasteiger partial charge in [0.1, 0.15) is 12.4 Å². The van der Waals surface area contributed by atoms with Gasteiger partial charge < -0.3 is 9.26 Å². The van der Waals surface area contributed by atoms with Crippen LogP contribution in [0.2, 0.25) is 0 Å². The zero-order valence-corrected chi connectivity index (χ0v) is 13.6. The lowest BCUT2D eigenvalue weighted by Gasteiger charge is -2.08. The fourth-order valence-corrected chi connectivity index (χ4v) is 2.52. The van der Waals surface area contributed by atoms with E-state index in [1.807, 2.05) is 45.0 Å². The summed E-state index contributed by atoms with van der Waals surface area (Å²) in [5.41, 5.74) is 4.67. The molecule has 0 aliphatic heterocycles. The Morgan fingerprint density at radius 3 is 2.61 bits per heavy atom. The monoisotopic (exact) mass is 310 g/mol. The van der Waals surface area contributed by atoms with Crippen molar-refractivity contribution in [1.82, 2.24) is 10.1 Å². The first-order valence-electron chi connectivity index (χ1n) is 7.42. The molecule has 23 heavy (non-hydrogen) atoms. The second kappa shape index (κ2) is 5.83. The molecule has 0 amide bonds. The van der Waals surface area contributed by atoms with Crippen molar-refractivity contribution in [3.05, 3.63) is 58.1 Å². The number of ether oxygens (including phenoxy) is 1. The van der Waals surface area contributed by atoms with E-state index in [0.29, 0.717) is 17.0 Å². The molecule has 0 saturated carbocycles. The number of fused-ring (bicyclic) bond motifs is 1. The van der Waals surface area contributed by atoms with Gasteiger partial charge >= 0.3 is 5.97 Å². The molecule has 5 nitrogen and oxygen atoms in total. The molecular weight excluding hydrogens is 292 g/mol. The van der Waals surface area contributed by atoms with Gasteiger partial charge in [0.15, 0.2) is 0 Å². The van der Waals surface area contributed by atoms with E-state index in [9.17, 15) is 4.79 Å². The average molecular weight is 310 g/mol. The molecular formula is C18H18N2O3. The molecule has 0 unspecified atom stereocenters. The van der Waals surface area contributed by atoms with Crippen molar-refractivity contribution in [3.63, 3.8) is 0 Å². The zero-order valence-electron chi connectivity index (χ0n) is 13.6. The van der Waals surface area contributed by atoms with Crippen LogP contribution in [0.5, 0.6) is 0 Å². The number of aromatic nitrogens is 2. The summed E-state index contributed by atoms with van der Waals surface area (Å²) in [5, 5.41) is 4.79. The lowest BCUT2D eigenvalue weighted by molar-refractivity contribution is 0.0469. The van der Waals surface area contributed by atoms with E-state index in [2.05, 4.69) is 10.1 Å². The molecule has 0 bridgehead atoms. The summed E-state index contributed by atoms with van der Waals surface area (Å²) in [7, 11) is 0. The van der Waals surface area contributed by atoms with Crippen molar-refractivity contribution >= 4 is 16.9 Å². The van der Waals surface area contributed by atoms with Gasteiger partial charge in [-0.05, 0) is 45.9 Å². The number of rotatable bonds is 3. The van der Waals surface area contributed by atoms with E-state index in [0.717, 1.165) is 27.7 Å². The lowest BCUT2D eigenvalue weighted by atomic mass is 10.1. The van der Waals surface area contributed by atoms with Crippen LogP contribution in [0.25, 0.3) is 10.9 Å². The van der Waals surface area contributed by atoms with Crippen molar-refractivity contribution in [2.24, 2.45) is 0 Å². The van der Waals surface area contributed by atoms with Gasteiger partial charge in [-0.3, -0.25) is 4.98 Å². The standard InChI is InChI=1S/C18H18N2O3/c1-10-5-6-17-14(7-10)8-15(11(2)19-17)18(21)22-9-16-12(3)20-23-13(16)4/h5-8H,9H2,1-4H3. The van der Waals surface area contributed by atoms with Crippen LogP contribution in [0.3, 0.4) is 0 Å². The van der Waals surface area contributed by atoms with E-state index in [4.69, 9.17) is 9.26 Å². The Kier molecular flexibility index (Phi) is 3.86. The minimum absolute atomic E-state index is 0.144. The molecule has 2 aromatic heterocycles. The van der Waals surface area contributed by atoms with Gasteiger partial charge in [-0.15, -0.1) is 0 Å². The maximum absolute atomic E-state index is 12.4. The largest absolute Gasteiger partial charge is 0.457 e. The van der Waals surface area contributed by atoms with Crippen LogP contribution in [-0.2, 0) is 11.3 Å². The molecule has 3 aromatic rings. The number of carbonyl (C=O) groups excluding carboxylic acids is 1. The Morgan fingerprint density at radius 1 is 1.13 bits per heavy atom. The number of hydrogen-bond donors (Lipinski definition) is 0. The average Bonchev–Trinajstić information content (AvgIpc) is 2.83. The van der Waals surface area contributed by atoms with Crippen molar-refractivity contribution in [3.8, 4) is 0 Å². The number of aryl methyl sites for hydroxylation is 4.